The zero-order chi connectivity index (χ0) is 15.0. The van der Waals surface area contributed by atoms with E-state index in [1.165, 1.54) is 6.42 Å². The molecule has 6 nitrogen and oxygen atoms in total. The molecule has 2 saturated heterocycles. The van der Waals surface area contributed by atoms with E-state index in [1.807, 2.05) is 11.8 Å². The Bertz CT molecular complexity index is 527. The number of anilines is 1. The average molecular weight is 292 g/mol. The molecule has 2 aliphatic rings. The zero-order valence-corrected chi connectivity index (χ0v) is 13.1. The lowest BCUT2D eigenvalue weighted by Crippen LogP contribution is -2.55. The molecule has 1 aromatic heterocycles. The molecule has 0 aliphatic carbocycles. The van der Waals surface area contributed by atoms with Crippen LogP contribution in [0.5, 0.6) is 0 Å². The number of carbonyl (C=O) groups is 1. The van der Waals surface area contributed by atoms with Crippen LogP contribution in [0.15, 0.2) is 4.42 Å². The van der Waals surface area contributed by atoms with E-state index in [2.05, 4.69) is 28.9 Å². The maximum atomic E-state index is 12.1. The molecular formula is C15H24N4O2. The molecule has 2 fully saturated rings. The fourth-order valence-corrected chi connectivity index (χ4v) is 3.63. The fourth-order valence-electron chi connectivity index (χ4n) is 3.63. The predicted molar refractivity (Wildman–Crippen MR) is 79.0 cm³/mol. The lowest BCUT2D eigenvalue weighted by atomic mass is 9.73. The van der Waals surface area contributed by atoms with Gasteiger partial charge >= 0.3 is 6.01 Å². The number of likely N-dealkylation sites (tertiary alicyclic amines) is 1. The minimum atomic E-state index is 0.179. The number of aryl methyl sites for hydroxylation is 1. The lowest BCUT2D eigenvalue weighted by molar-refractivity contribution is -0.140. The van der Waals surface area contributed by atoms with Crippen LogP contribution in [0.25, 0.3) is 0 Å². The molecular weight excluding hydrogens is 268 g/mol. The van der Waals surface area contributed by atoms with E-state index in [1.54, 1.807) is 0 Å². The van der Waals surface area contributed by atoms with Crippen LogP contribution >= 0.6 is 0 Å². The third kappa shape index (κ3) is 2.76. The van der Waals surface area contributed by atoms with Gasteiger partial charge in [-0.1, -0.05) is 5.10 Å². The van der Waals surface area contributed by atoms with E-state index in [0.29, 0.717) is 24.2 Å². The molecule has 0 unspecified atom stereocenters. The predicted octanol–water partition coefficient (Wildman–Crippen LogP) is 2.00. The first-order valence-corrected chi connectivity index (χ1v) is 7.84. The van der Waals surface area contributed by atoms with Crippen LogP contribution in [0, 0.1) is 12.3 Å². The summed E-state index contributed by atoms with van der Waals surface area (Å²) in [4.78, 5) is 16.3. The quantitative estimate of drug-likeness (QED) is 0.834. The molecule has 2 aliphatic heterocycles. The van der Waals surface area contributed by atoms with Crippen LogP contribution in [0.3, 0.4) is 0 Å². The number of carbonyl (C=O) groups excluding carboxylic acids is 1. The summed E-state index contributed by atoms with van der Waals surface area (Å²) in [6.45, 7) is 8.73. The lowest BCUT2D eigenvalue weighted by Gasteiger charge is -2.48. The van der Waals surface area contributed by atoms with Crippen LogP contribution < -0.4 is 4.90 Å². The Hall–Kier alpha value is -1.59. The summed E-state index contributed by atoms with van der Waals surface area (Å²) in [5, 5.41) is 8.07. The summed E-state index contributed by atoms with van der Waals surface area (Å²) in [7, 11) is 0. The van der Waals surface area contributed by atoms with Crippen molar-refractivity contribution in [3.8, 4) is 0 Å². The van der Waals surface area contributed by atoms with E-state index in [0.717, 1.165) is 32.5 Å². The van der Waals surface area contributed by atoms with Crippen molar-refractivity contribution in [2.75, 3.05) is 24.5 Å². The van der Waals surface area contributed by atoms with Gasteiger partial charge in [-0.3, -0.25) is 4.79 Å². The topological polar surface area (TPSA) is 62.5 Å². The van der Waals surface area contributed by atoms with E-state index >= 15 is 0 Å². The normalized spacial score (nSPS) is 27.0. The second kappa shape index (κ2) is 5.31. The highest BCUT2D eigenvalue weighted by atomic mass is 16.4. The van der Waals surface area contributed by atoms with Crippen molar-refractivity contribution in [3.05, 3.63) is 5.89 Å². The standard InChI is InChI=1S/C15H24N4O2/c1-11(2)19-10-15(7-5-13(19)20)6-4-8-18(9-15)14-17-16-12(3)21-14/h11H,4-10H2,1-3H3/t15-/m1/s1. The Balaban J connectivity index is 1.77. The fraction of sp³-hybridized carbons (Fsp3) is 0.800. The van der Waals surface area contributed by atoms with Crippen molar-refractivity contribution in [2.24, 2.45) is 5.41 Å². The monoisotopic (exact) mass is 292 g/mol. The van der Waals surface area contributed by atoms with Gasteiger partial charge in [0.1, 0.15) is 0 Å². The maximum Gasteiger partial charge on any atom is 0.318 e. The molecule has 1 amide bonds. The maximum absolute atomic E-state index is 12.1. The highest BCUT2D eigenvalue weighted by molar-refractivity contribution is 5.77. The van der Waals surface area contributed by atoms with Gasteiger partial charge in [0.2, 0.25) is 11.8 Å². The first-order chi connectivity index (χ1) is 9.99. The van der Waals surface area contributed by atoms with Gasteiger partial charge in [-0.2, -0.15) is 0 Å². The van der Waals surface area contributed by atoms with Crippen LogP contribution in [-0.2, 0) is 4.79 Å². The Morgan fingerprint density at radius 2 is 2.05 bits per heavy atom. The molecule has 0 N–H and O–H groups in total. The molecule has 1 spiro atoms. The van der Waals surface area contributed by atoms with Gasteiger partial charge in [0, 0.05) is 44.4 Å². The minimum Gasteiger partial charge on any atom is -0.408 e. The largest absolute Gasteiger partial charge is 0.408 e. The second-order valence-corrected chi connectivity index (χ2v) is 6.74. The SMILES string of the molecule is Cc1nnc(N2CCC[C@@]3(CCC(=O)N(C(C)C)C3)C2)o1. The molecule has 0 aromatic carbocycles. The Morgan fingerprint density at radius 3 is 2.71 bits per heavy atom. The van der Waals surface area contributed by atoms with Crippen LogP contribution in [0.1, 0.15) is 45.4 Å². The summed E-state index contributed by atoms with van der Waals surface area (Å²) < 4.78 is 5.58. The second-order valence-electron chi connectivity index (χ2n) is 6.74. The van der Waals surface area contributed by atoms with Crippen molar-refractivity contribution in [1.82, 2.24) is 15.1 Å². The van der Waals surface area contributed by atoms with Crippen LogP contribution in [0.2, 0.25) is 0 Å². The van der Waals surface area contributed by atoms with Gasteiger partial charge in [-0.25, -0.2) is 0 Å². The van der Waals surface area contributed by atoms with Crippen LogP contribution in [-0.4, -0.2) is 46.7 Å². The number of aromatic nitrogens is 2. The third-order valence-electron chi connectivity index (χ3n) is 4.77. The Morgan fingerprint density at radius 1 is 1.24 bits per heavy atom. The van der Waals surface area contributed by atoms with Gasteiger partial charge in [0.25, 0.3) is 0 Å². The van der Waals surface area contributed by atoms with Gasteiger partial charge in [-0.05, 0) is 33.1 Å². The number of amides is 1. The molecule has 0 saturated carbocycles. The highest BCUT2D eigenvalue weighted by Crippen LogP contribution is 2.40. The zero-order valence-electron chi connectivity index (χ0n) is 13.1. The van der Waals surface area contributed by atoms with E-state index in [9.17, 15) is 4.79 Å². The first-order valence-electron chi connectivity index (χ1n) is 7.84. The smallest absolute Gasteiger partial charge is 0.318 e. The highest BCUT2D eigenvalue weighted by Gasteiger charge is 2.43. The molecule has 6 heteroatoms. The van der Waals surface area contributed by atoms with Crippen molar-refractivity contribution in [3.63, 3.8) is 0 Å². The number of hydrogen-bond acceptors (Lipinski definition) is 5. The summed E-state index contributed by atoms with van der Waals surface area (Å²) in [6, 6.07) is 0.898. The van der Waals surface area contributed by atoms with Crippen molar-refractivity contribution >= 4 is 11.9 Å². The molecule has 3 heterocycles. The summed E-state index contributed by atoms with van der Waals surface area (Å²) in [6.07, 6.45) is 3.92. The first kappa shape index (κ1) is 14.4. The molecule has 0 radical (unpaired) electrons. The minimum absolute atomic E-state index is 0.179. The molecule has 1 aromatic rings. The third-order valence-corrected chi connectivity index (χ3v) is 4.77. The van der Waals surface area contributed by atoms with Crippen LogP contribution in [0.4, 0.5) is 6.01 Å². The van der Waals surface area contributed by atoms with E-state index < -0.39 is 0 Å². The summed E-state index contributed by atoms with van der Waals surface area (Å²) >= 11 is 0. The molecule has 1 atom stereocenters. The number of nitrogens with zero attached hydrogens (tertiary/aromatic N) is 4. The molecule has 21 heavy (non-hydrogen) atoms. The number of rotatable bonds is 2. The van der Waals surface area contributed by atoms with Gasteiger partial charge in [0.15, 0.2) is 0 Å². The average Bonchev–Trinajstić information content (AvgIpc) is 2.89. The molecule has 0 bridgehead atoms. The molecule has 3 rings (SSSR count). The van der Waals surface area contributed by atoms with E-state index in [-0.39, 0.29) is 11.5 Å². The van der Waals surface area contributed by atoms with Crippen molar-refractivity contribution < 1.29 is 9.21 Å². The summed E-state index contributed by atoms with van der Waals surface area (Å²) in [5.74, 6) is 0.897. The number of hydrogen-bond donors (Lipinski definition) is 0. The van der Waals surface area contributed by atoms with Gasteiger partial charge < -0.3 is 14.2 Å². The van der Waals surface area contributed by atoms with Gasteiger partial charge in [0.05, 0.1) is 0 Å². The number of piperidine rings is 2. The Labute approximate surface area is 125 Å². The van der Waals surface area contributed by atoms with Gasteiger partial charge in [-0.15, -0.1) is 5.10 Å². The van der Waals surface area contributed by atoms with Crippen molar-refractivity contribution in [2.45, 2.75) is 52.5 Å². The van der Waals surface area contributed by atoms with Crippen molar-refractivity contribution in [1.29, 1.82) is 0 Å². The Kier molecular flexibility index (Phi) is 3.63. The molecule has 116 valence electrons. The van der Waals surface area contributed by atoms with E-state index in [4.69, 9.17) is 4.42 Å². The summed E-state index contributed by atoms with van der Waals surface area (Å²) in [5.41, 5.74) is 0.179.